The standard InChI is InChI=1S/C13H12BrClN2O3S/c1-20-12-5-2-8(14)6-11(12)17-21(18,19)13-7-9(16)3-4-10(13)15/h2-7,17H,16H2,1H3. The van der Waals surface area contributed by atoms with Crippen molar-refractivity contribution < 1.29 is 13.2 Å². The van der Waals surface area contributed by atoms with Gasteiger partial charge in [0.1, 0.15) is 10.6 Å². The molecule has 0 amide bonds. The number of methoxy groups -OCH3 is 1. The lowest BCUT2D eigenvalue weighted by atomic mass is 10.3. The molecule has 5 nitrogen and oxygen atoms in total. The Bertz CT molecular complexity index is 781. The molecule has 0 atom stereocenters. The number of nitrogen functional groups attached to an aromatic ring is 1. The number of anilines is 2. The molecule has 2 aromatic carbocycles. The third-order valence-electron chi connectivity index (χ3n) is 2.65. The lowest BCUT2D eigenvalue weighted by Gasteiger charge is -2.13. The zero-order valence-corrected chi connectivity index (χ0v) is 14.1. The van der Waals surface area contributed by atoms with Crippen LogP contribution in [-0.4, -0.2) is 15.5 Å². The van der Waals surface area contributed by atoms with Crippen molar-refractivity contribution in [1.29, 1.82) is 0 Å². The van der Waals surface area contributed by atoms with Crippen LogP contribution in [0.5, 0.6) is 5.75 Å². The van der Waals surface area contributed by atoms with Gasteiger partial charge in [0.2, 0.25) is 0 Å². The predicted octanol–water partition coefficient (Wildman–Crippen LogP) is 3.49. The quantitative estimate of drug-likeness (QED) is 0.782. The van der Waals surface area contributed by atoms with Gasteiger partial charge in [0.25, 0.3) is 10.0 Å². The molecule has 21 heavy (non-hydrogen) atoms. The molecule has 2 rings (SSSR count). The molecule has 0 aliphatic carbocycles. The molecule has 0 aliphatic rings. The average Bonchev–Trinajstić information content (AvgIpc) is 2.41. The molecule has 0 fully saturated rings. The second kappa shape index (κ2) is 6.13. The van der Waals surface area contributed by atoms with E-state index in [1.165, 1.54) is 25.3 Å². The van der Waals surface area contributed by atoms with Crippen LogP contribution in [0, 0.1) is 0 Å². The Balaban J connectivity index is 2.47. The summed E-state index contributed by atoms with van der Waals surface area (Å²) in [5.74, 6) is 0.391. The van der Waals surface area contributed by atoms with Crippen molar-refractivity contribution in [3.05, 3.63) is 45.9 Å². The van der Waals surface area contributed by atoms with Gasteiger partial charge in [-0.1, -0.05) is 27.5 Å². The van der Waals surface area contributed by atoms with Crippen molar-refractivity contribution in [3.63, 3.8) is 0 Å². The summed E-state index contributed by atoms with van der Waals surface area (Å²) >= 11 is 9.22. The molecule has 8 heteroatoms. The third-order valence-corrected chi connectivity index (χ3v) is 4.99. The van der Waals surface area contributed by atoms with Crippen LogP contribution >= 0.6 is 27.5 Å². The maximum Gasteiger partial charge on any atom is 0.263 e. The summed E-state index contributed by atoms with van der Waals surface area (Å²) in [6.45, 7) is 0. The van der Waals surface area contributed by atoms with Gasteiger partial charge in [-0.05, 0) is 36.4 Å². The van der Waals surface area contributed by atoms with E-state index in [0.29, 0.717) is 21.6 Å². The Morgan fingerprint density at radius 3 is 2.62 bits per heavy atom. The maximum atomic E-state index is 12.4. The smallest absolute Gasteiger partial charge is 0.263 e. The van der Waals surface area contributed by atoms with Gasteiger partial charge in [0, 0.05) is 10.2 Å². The summed E-state index contributed by atoms with van der Waals surface area (Å²) in [6.07, 6.45) is 0. The van der Waals surface area contributed by atoms with Crippen LogP contribution in [-0.2, 0) is 10.0 Å². The summed E-state index contributed by atoms with van der Waals surface area (Å²) in [5.41, 5.74) is 6.22. The van der Waals surface area contributed by atoms with Gasteiger partial charge in [0.15, 0.2) is 0 Å². The van der Waals surface area contributed by atoms with E-state index in [0.717, 1.165) is 0 Å². The number of sulfonamides is 1. The molecular weight excluding hydrogens is 380 g/mol. The van der Waals surface area contributed by atoms with Gasteiger partial charge in [0.05, 0.1) is 17.8 Å². The van der Waals surface area contributed by atoms with Crippen molar-refractivity contribution in [2.75, 3.05) is 17.6 Å². The van der Waals surface area contributed by atoms with Gasteiger partial charge < -0.3 is 10.5 Å². The van der Waals surface area contributed by atoms with Crippen molar-refractivity contribution in [1.82, 2.24) is 0 Å². The highest BCUT2D eigenvalue weighted by Crippen LogP contribution is 2.32. The fourth-order valence-electron chi connectivity index (χ4n) is 1.69. The topological polar surface area (TPSA) is 81.4 Å². The zero-order valence-electron chi connectivity index (χ0n) is 10.9. The van der Waals surface area contributed by atoms with Crippen LogP contribution in [0.2, 0.25) is 5.02 Å². The normalized spacial score (nSPS) is 11.2. The minimum atomic E-state index is -3.88. The Morgan fingerprint density at radius 1 is 1.24 bits per heavy atom. The fourth-order valence-corrected chi connectivity index (χ4v) is 3.64. The Hall–Kier alpha value is -1.44. The predicted molar refractivity (Wildman–Crippen MR) is 87.4 cm³/mol. The minimum Gasteiger partial charge on any atom is -0.495 e. The van der Waals surface area contributed by atoms with E-state index < -0.39 is 10.0 Å². The minimum absolute atomic E-state index is 0.0886. The number of benzene rings is 2. The molecule has 0 spiro atoms. The van der Waals surface area contributed by atoms with Crippen LogP contribution in [0.3, 0.4) is 0 Å². The highest BCUT2D eigenvalue weighted by atomic mass is 79.9. The number of rotatable bonds is 4. The van der Waals surface area contributed by atoms with Crippen molar-refractivity contribution in [2.24, 2.45) is 0 Å². The molecular formula is C13H12BrClN2O3S. The molecule has 0 aliphatic heterocycles. The van der Waals surface area contributed by atoms with Gasteiger partial charge >= 0.3 is 0 Å². The molecule has 3 N–H and O–H groups in total. The second-order valence-electron chi connectivity index (χ2n) is 4.14. The largest absolute Gasteiger partial charge is 0.495 e. The Labute approximate surface area is 136 Å². The SMILES string of the molecule is COc1ccc(Br)cc1NS(=O)(=O)c1cc(N)ccc1Cl. The van der Waals surface area contributed by atoms with Crippen LogP contribution < -0.4 is 15.2 Å². The first-order chi connectivity index (χ1) is 9.83. The molecule has 0 radical (unpaired) electrons. The number of nitrogens with one attached hydrogen (secondary N) is 1. The Kier molecular flexibility index (Phi) is 4.65. The molecule has 0 saturated carbocycles. The van der Waals surface area contributed by atoms with E-state index in [2.05, 4.69) is 20.7 Å². The van der Waals surface area contributed by atoms with Gasteiger partial charge in [-0.15, -0.1) is 0 Å². The highest BCUT2D eigenvalue weighted by molar-refractivity contribution is 9.10. The van der Waals surface area contributed by atoms with E-state index in [1.807, 2.05) is 0 Å². The summed E-state index contributed by atoms with van der Waals surface area (Å²) in [4.78, 5) is -0.0915. The summed E-state index contributed by atoms with van der Waals surface area (Å²) in [7, 11) is -2.43. The number of hydrogen-bond donors (Lipinski definition) is 2. The summed E-state index contributed by atoms with van der Waals surface area (Å²) in [6, 6.07) is 9.24. The first kappa shape index (κ1) is 15.9. The van der Waals surface area contributed by atoms with Gasteiger partial charge in [-0.25, -0.2) is 8.42 Å². The number of hydrogen-bond acceptors (Lipinski definition) is 4. The van der Waals surface area contributed by atoms with Crippen molar-refractivity contribution >= 4 is 48.9 Å². The lowest BCUT2D eigenvalue weighted by Crippen LogP contribution is -2.14. The van der Waals surface area contributed by atoms with E-state index >= 15 is 0 Å². The fraction of sp³-hybridized carbons (Fsp3) is 0.0769. The van der Waals surface area contributed by atoms with E-state index in [9.17, 15) is 8.42 Å². The van der Waals surface area contributed by atoms with E-state index in [1.54, 1.807) is 18.2 Å². The van der Waals surface area contributed by atoms with Crippen molar-refractivity contribution in [3.8, 4) is 5.75 Å². The van der Waals surface area contributed by atoms with Crippen LogP contribution in [0.25, 0.3) is 0 Å². The molecule has 0 heterocycles. The first-order valence-electron chi connectivity index (χ1n) is 5.75. The summed E-state index contributed by atoms with van der Waals surface area (Å²) in [5, 5.41) is 0.0886. The second-order valence-corrected chi connectivity index (χ2v) is 7.11. The molecule has 2 aromatic rings. The van der Waals surface area contributed by atoms with Gasteiger partial charge in [-0.2, -0.15) is 0 Å². The molecule has 0 saturated heterocycles. The molecule has 0 aromatic heterocycles. The lowest BCUT2D eigenvalue weighted by molar-refractivity contribution is 0.417. The maximum absolute atomic E-state index is 12.4. The molecule has 112 valence electrons. The van der Waals surface area contributed by atoms with Gasteiger partial charge in [-0.3, -0.25) is 4.72 Å². The van der Waals surface area contributed by atoms with E-state index in [-0.39, 0.29) is 9.92 Å². The van der Waals surface area contributed by atoms with Crippen LogP contribution in [0.15, 0.2) is 45.8 Å². The zero-order chi connectivity index (χ0) is 15.6. The third kappa shape index (κ3) is 3.61. The Morgan fingerprint density at radius 2 is 1.95 bits per heavy atom. The highest BCUT2D eigenvalue weighted by Gasteiger charge is 2.20. The van der Waals surface area contributed by atoms with Crippen LogP contribution in [0.1, 0.15) is 0 Å². The number of halogens is 2. The van der Waals surface area contributed by atoms with E-state index in [4.69, 9.17) is 22.1 Å². The van der Waals surface area contributed by atoms with Crippen molar-refractivity contribution in [2.45, 2.75) is 4.90 Å². The van der Waals surface area contributed by atoms with Crippen LogP contribution in [0.4, 0.5) is 11.4 Å². The number of nitrogens with two attached hydrogens (primary N) is 1. The monoisotopic (exact) mass is 390 g/mol. The average molecular weight is 392 g/mol. The molecule has 0 bridgehead atoms. The number of ether oxygens (including phenoxy) is 1. The summed E-state index contributed by atoms with van der Waals surface area (Å²) < 4.78 is 33.1. The first-order valence-corrected chi connectivity index (χ1v) is 8.40. The molecule has 0 unspecified atom stereocenters.